The van der Waals surface area contributed by atoms with Crippen molar-refractivity contribution in [2.45, 2.75) is 0 Å². The Kier molecular flexibility index (Phi) is 11.8. The van der Waals surface area contributed by atoms with E-state index in [4.69, 9.17) is 22.9 Å². The van der Waals surface area contributed by atoms with Crippen molar-refractivity contribution in [3.63, 3.8) is 0 Å². The van der Waals surface area contributed by atoms with E-state index in [1.165, 1.54) is 0 Å². The second-order valence-corrected chi connectivity index (χ2v) is 4.16. The summed E-state index contributed by atoms with van der Waals surface area (Å²) in [5, 5.41) is 2.79. The third kappa shape index (κ3) is 20.0. The van der Waals surface area contributed by atoms with Crippen molar-refractivity contribution < 1.29 is 14.4 Å². The Hall–Kier alpha value is -0.216. The largest absolute Gasteiger partial charge is 0.376 e. The average molecular weight is 328 g/mol. The quantitative estimate of drug-likeness (QED) is 0.161. The molecule has 0 spiro atoms. The predicted octanol–water partition coefficient (Wildman–Crippen LogP) is -1.20. The molecule has 9 N–H and O–H groups in total. The Morgan fingerprint density at radius 2 is 1.47 bits per heavy atom. The molecule has 0 unspecified atom stereocenters. The molecular formula is C4H9N6NiS4. The predicted molar refractivity (Wildman–Crippen MR) is 72.7 cm³/mol. The number of nitrogens with zero attached hydrogens (tertiary/aromatic N) is 1. The summed E-state index contributed by atoms with van der Waals surface area (Å²) in [7, 11) is 0.938. The molecule has 0 atom stereocenters. The first-order chi connectivity index (χ1) is 6.79. The fourth-order valence-corrected chi connectivity index (χ4v) is 0.948. The first kappa shape index (κ1) is 17.2. The molecular weight excluding hydrogens is 319 g/mol. The minimum Gasteiger partial charge on any atom is -0.376 e. The summed E-state index contributed by atoms with van der Waals surface area (Å²) < 4.78 is 0. The van der Waals surface area contributed by atoms with Gasteiger partial charge in [0, 0.05) is 0 Å². The van der Waals surface area contributed by atoms with E-state index in [1.807, 2.05) is 0 Å². The second-order valence-electron chi connectivity index (χ2n) is 1.71. The molecule has 0 aromatic rings. The van der Waals surface area contributed by atoms with E-state index in [9.17, 15) is 0 Å². The van der Waals surface area contributed by atoms with E-state index in [1.54, 1.807) is 0 Å². The Morgan fingerprint density at radius 3 is 1.53 bits per heavy atom. The van der Waals surface area contributed by atoms with Crippen LogP contribution in [0.1, 0.15) is 0 Å². The molecule has 11 heteroatoms. The van der Waals surface area contributed by atoms with Gasteiger partial charge in [0.25, 0.3) is 0 Å². The van der Waals surface area contributed by atoms with Gasteiger partial charge in [0.05, 0.1) is 0 Å². The van der Waals surface area contributed by atoms with Crippen LogP contribution in [-0.4, -0.2) is 20.5 Å². The second kappa shape index (κ2) is 10.3. The van der Waals surface area contributed by atoms with E-state index < -0.39 is 0 Å². The molecule has 0 aliphatic heterocycles. The number of nitrogens with one attached hydrogen (secondary N) is 1. The van der Waals surface area contributed by atoms with Crippen LogP contribution < -0.4 is 28.3 Å². The van der Waals surface area contributed by atoms with Gasteiger partial charge in [0.1, 0.15) is 0 Å². The molecule has 0 aromatic heterocycles. The maximum atomic E-state index is 5.13. The third-order valence-corrected chi connectivity index (χ3v) is 1.67. The number of hydrogen-bond acceptors (Lipinski definition) is 4. The molecule has 15 heavy (non-hydrogen) atoms. The molecule has 0 rings (SSSR count). The van der Waals surface area contributed by atoms with Crippen molar-refractivity contribution in [2.24, 2.45) is 27.9 Å². The molecule has 0 heterocycles. The van der Waals surface area contributed by atoms with Crippen LogP contribution in [0.15, 0.2) is 4.99 Å². The number of thiocarbonyl (C=S) groups is 3. The number of rotatable bonds is 0. The van der Waals surface area contributed by atoms with Crippen LogP contribution in [0.5, 0.6) is 0 Å². The third-order valence-electron chi connectivity index (χ3n) is 0.533. The van der Waals surface area contributed by atoms with Gasteiger partial charge in [-0.2, -0.15) is 0 Å². The summed E-state index contributed by atoms with van der Waals surface area (Å²) in [6.45, 7) is 0. The molecule has 0 saturated carbocycles. The van der Waals surface area contributed by atoms with Crippen molar-refractivity contribution in [2.75, 3.05) is 0 Å². The van der Waals surface area contributed by atoms with Gasteiger partial charge in [-0.3, -0.25) is 0 Å². The van der Waals surface area contributed by atoms with Crippen molar-refractivity contribution in [1.82, 2.24) is 5.32 Å². The van der Waals surface area contributed by atoms with Crippen molar-refractivity contribution in [1.29, 1.82) is 0 Å². The standard InChI is InChI=1S/2C2H5N3S2.Ni/c2*3-1(6)5-2(4)7;/h2*(H5,3,4,5,6,7);/q;;+1/p-1. The minimum atomic E-state index is 0.0204. The zero-order valence-electron chi connectivity index (χ0n) is 7.21. The SMILES string of the molecule is NC(=S)N=C(N)[S][Ni].NC(=S)NC(N)=S. The Labute approximate surface area is 114 Å². The first-order valence-corrected chi connectivity index (χ1v) is 6.15. The zero-order chi connectivity index (χ0) is 12.4. The van der Waals surface area contributed by atoms with Gasteiger partial charge in [-0.25, -0.2) is 0 Å². The van der Waals surface area contributed by atoms with Crippen molar-refractivity contribution in [3.8, 4) is 0 Å². The molecule has 89 valence electrons. The molecule has 0 saturated heterocycles. The molecule has 6 nitrogen and oxygen atoms in total. The topological polar surface area (TPSA) is 128 Å². The Balaban J connectivity index is 0. The summed E-state index contributed by atoms with van der Waals surface area (Å²) in [4.78, 5) is 3.47. The van der Waals surface area contributed by atoms with Gasteiger partial charge in [0.15, 0.2) is 10.2 Å². The number of amidine groups is 1. The van der Waals surface area contributed by atoms with E-state index in [0.717, 1.165) is 10.3 Å². The van der Waals surface area contributed by atoms with Crippen LogP contribution in [0.3, 0.4) is 0 Å². The molecule has 0 amide bonds. The zero-order valence-corrected chi connectivity index (χ0v) is 11.5. The van der Waals surface area contributed by atoms with E-state index in [-0.39, 0.29) is 20.5 Å². The molecule has 0 radical (unpaired) electrons. The fourth-order valence-electron chi connectivity index (χ4n) is 0.244. The molecule has 0 aliphatic carbocycles. The summed E-state index contributed by atoms with van der Waals surface area (Å²) in [5.74, 6) is 0. The van der Waals surface area contributed by atoms with Crippen LogP contribution in [0.4, 0.5) is 0 Å². The minimum absolute atomic E-state index is 0.0204. The van der Waals surface area contributed by atoms with Crippen LogP contribution in [-0.2, 0) is 14.4 Å². The van der Waals surface area contributed by atoms with Crippen LogP contribution in [0.25, 0.3) is 0 Å². The summed E-state index contributed by atoms with van der Waals surface area (Å²) in [5.41, 5.74) is 20.0. The monoisotopic (exact) mass is 327 g/mol. The molecule has 0 bridgehead atoms. The normalized spacial score (nSPS) is 9.60. The number of aliphatic imine (C=N–C) groups is 1. The molecule has 0 aromatic carbocycles. The fraction of sp³-hybridized carbons (Fsp3) is 0. The summed E-state index contributed by atoms with van der Waals surface area (Å²) >= 11 is 17.3. The molecule has 0 fully saturated rings. The van der Waals surface area contributed by atoms with Gasteiger partial charge in [-0.15, -0.1) is 0 Å². The van der Waals surface area contributed by atoms with Gasteiger partial charge in [-0.1, -0.05) is 0 Å². The van der Waals surface area contributed by atoms with Crippen LogP contribution >= 0.6 is 46.9 Å². The van der Waals surface area contributed by atoms with Gasteiger partial charge >= 0.3 is 63.6 Å². The Morgan fingerprint density at radius 1 is 1.07 bits per heavy atom. The van der Waals surface area contributed by atoms with E-state index in [2.05, 4.69) is 61.3 Å². The van der Waals surface area contributed by atoms with E-state index in [0.29, 0.717) is 0 Å². The average Bonchev–Trinajstić information content (AvgIpc) is 2.01. The Bertz CT molecular complexity index is 266. The van der Waals surface area contributed by atoms with Crippen LogP contribution in [0, 0.1) is 0 Å². The maximum Gasteiger partial charge on any atom is 0.169 e. The van der Waals surface area contributed by atoms with Crippen LogP contribution in [0.2, 0.25) is 0 Å². The number of hydrogen-bond donors (Lipinski definition) is 5. The maximum absolute atomic E-state index is 5.13. The van der Waals surface area contributed by atoms with E-state index >= 15 is 0 Å². The first-order valence-electron chi connectivity index (χ1n) is 3.05. The molecule has 0 aliphatic rings. The van der Waals surface area contributed by atoms with Crippen molar-refractivity contribution in [3.05, 3.63) is 0 Å². The van der Waals surface area contributed by atoms with Gasteiger partial charge in [0.2, 0.25) is 0 Å². The van der Waals surface area contributed by atoms with Gasteiger partial charge < -0.3 is 16.8 Å². The number of nitrogens with two attached hydrogens (primary N) is 4. The van der Waals surface area contributed by atoms with Crippen molar-refractivity contribution >= 4 is 67.4 Å². The van der Waals surface area contributed by atoms with Gasteiger partial charge in [-0.05, 0) is 24.4 Å². The smallest absolute Gasteiger partial charge is 0.169 e. The summed E-state index contributed by atoms with van der Waals surface area (Å²) in [6.07, 6.45) is 0. The summed E-state index contributed by atoms with van der Waals surface area (Å²) in [6, 6.07) is 0.